The molecule has 0 spiro atoms. The second-order valence-corrected chi connectivity index (χ2v) is 5.12. The fraction of sp³-hybridized carbons (Fsp3) is 0.333. The Balaban J connectivity index is 2.00. The molecule has 0 radical (unpaired) electrons. The number of nitrogens with one attached hydrogen (secondary N) is 1. The van der Waals surface area contributed by atoms with Gasteiger partial charge in [0.2, 0.25) is 5.88 Å². The Bertz CT molecular complexity index is 631. The third-order valence-corrected chi connectivity index (χ3v) is 3.52. The molecule has 104 valence electrons. The zero-order chi connectivity index (χ0) is 14.1. The molecule has 0 atom stereocenters. The van der Waals surface area contributed by atoms with E-state index in [2.05, 4.69) is 15.3 Å². The van der Waals surface area contributed by atoms with Crippen LogP contribution in [0.3, 0.4) is 0 Å². The van der Waals surface area contributed by atoms with Gasteiger partial charge in [0.15, 0.2) is 0 Å². The minimum atomic E-state index is 0.637. The summed E-state index contributed by atoms with van der Waals surface area (Å²) in [4.78, 5) is 8.62. The maximum atomic E-state index is 6.05. The zero-order valence-electron chi connectivity index (χ0n) is 11.7. The lowest BCUT2D eigenvalue weighted by Crippen LogP contribution is -2.25. The normalized spacial score (nSPS) is 13.9. The number of benzene rings is 1. The van der Waals surface area contributed by atoms with Crippen LogP contribution < -0.4 is 15.8 Å². The van der Waals surface area contributed by atoms with Crippen molar-refractivity contribution in [2.75, 3.05) is 12.3 Å². The topological polar surface area (TPSA) is 73.1 Å². The van der Waals surface area contributed by atoms with Gasteiger partial charge in [-0.3, -0.25) is 0 Å². The fourth-order valence-electron chi connectivity index (χ4n) is 2.57. The van der Waals surface area contributed by atoms with E-state index in [1.54, 1.807) is 6.33 Å². The van der Waals surface area contributed by atoms with Crippen LogP contribution in [0.4, 0.5) is 5.69 Å². The molecule has 3 N–H and O–H groups in total. The molecule has 1 aliphatic heterocycles. The Morgan fingerprint density at radius 2 is 1.95 bits per heavy atom. The second kappa shape index (κ2) is 5.09. The average molecular weight is 270 g/mol. The second-order valence-electron chi connectivity index (χ2n) is 5.12. The first-order chi connectivity index (χ1) is 9.65. The molecule has 0 saturated heterocycles. The maximum Gasteiger partial charge on any atom is 0.227 e. The van der Waals surface area contributed by atoms with E-state index in [0.717, 1.165) is 53.3 Å². The monoisotopic (exact) mass is 270 g/mol. The van der Waals surface area contributed by atoms with Crippen molar-refractivity contribution in [1.29, 1.82) is 0 Å². The van der Waals surface area contributed by atoms with Gasteiger partial charge in [0, 0.05) is 25.2 Å². The Kier molecular flexibility index (Phi) is 3.28. The Morgan fingerprint density at radius 1 is 1.20 bits per heavy atom. The predicted molar refractivity (Wildman–Crippen MR) is 77.8 cm³/mol. The minimum Gasteiger partial charge on any atom is -0.438 e. The number of nitrogen functional groups attached to an aromatic ring is 1. The molecule has 1 aromatic heterocycles. The minimum absolute atomic E-state index is 0.637. The summed E-state index contributed by atoms with van der Waals surface area (Å²) in [6.07, 6.45) is 2.48. The van der Waals surface area contributed by atoms with Crippen molar-refractivity contribution < 1.29 is 4.74 Å². The summed E-state index contributed by atoms with van der Waals surface area (Å²) in [6, 6.07) is 3.82. The van der Waals surface area contributed by atoms with E-state index in [-0.39, 0.29) is 0 Å². The quantitative estimate of drug-likeness (QED) is 0.818. The predicted octanol–water partition coefficient (Wildman–Crippen LogP) is 2.11. The molecular formula is C15H18N4O. The van der Waals surface area contributed by atoms with E-state index in [1.807, 2.05) is 26.0 Å². The summed E-state index contributed by atoms with van der Waals surface area (Å²) in [5.74, 6) is 1.46. The van der Waals surface area contributed by atoms with E-state index in [1.165, 1.54) is 0 Å². The molecule has 0 amide bonds. The molecule has 2 aromatic rings. The van der Waals surface area contributed by atoms with Gasteiger partial charge < -0.3 is 15.8 Å². The highest BCUT2D eigenvalue weighted by Crippen LogP contribution is 2.32. The van der Waals surface area contributed by atoms with Gasteiger partial charge in [-0.2, -0.15) is 0 Å². The van der Waals surface area contributed by atoms with Crippen molar-refractivity contribution in [3.8, 4) is 11.6 Å². The Hall–Kier alpha value is -2.14. The summed E-state index contributed by atoms with van der Waals surface area (Å²) in [5.41, 5.74) is 10.7. The highest BCUT2D eigenvalue weighted by atomic mass is 16.5. The number of hydrogen-bond acceptors (Lipinski definition) is 5. The summed E-state index contributed by atoms with van der Waals surface area (Å²) in [7, 11) is 0. The first kappa shape index (κ1) is 12.9. The van der Waals surface area contributed by atoms with E-state index in [9.17, 15) is 0 Å². The van der Waals surface area contributed by atoms with Crippen LogP contribution in [0.2, 0.25) is 0 Å². The highest BCUT2D eigenvalue weighted by molar-refractivity contribution is 5.53. The van der Waals surface area contributed by atoms with Crippen LogP contribution in [-0.2, 0) is 13.0 Å². The molecule has 0 unspecified atom stereocenters. The van der Waals surface area contributed by atoms with Crippen LogP contribution in [-0.4, -0.2) is 16.5 Å². The van der Waals surface area contributed by atoms with Crippen molar-refractivity contribution in [3.05, 3.63) is 40.8 Å². The first-order valence-electron chi connectivity index (χ1n) is 6.73. The van der Waals surface area contributed by atoms with Gasteiger partial charge in [0.1, 0.15) is 12.1 Å². The highest BCUT2D eigenvalue weighted by Gasteiger charge is 2.18. The molecule has 20 heavy (non-hydrogen) atoms. The molecule has 5 heteroatoms. The third-order valence-electron chi connectivity index (χ3n) is 3.52. The third kappa shape index (κ3) is 2.32. The molecule has 1 aliphatic rings. The molecular weight excluding hydrogens is 252 g/mol. The Labute approximate surface area is 118 Å². The lowest BCUT2D eigenvalue weighted by molar-refractivity contribution is 0.438. The van der Waals surface area contributed by atoms with Crippen LogP contribution in [0.1, 0.15) is 22.4 Å². The number of hydrogen-bond donors (Lipinski definition) is 2. The SMILES string of the molecule is Cc1cc(N)cc(C)c1Oc1ncnc2c1CNCC2. The fourth-order valence-corrected chi connectivity index (χ4v) is 2.57. The van der Waals surface area contributed by atoms with Gasteiger partial charge in [-0.1, -0.05) is 0 Å². The van der Waals surface area contributed by atoms with Crippen molar-refractivity contribution in [2.45, 2.75) is 26.8 Å². The number of aryl methyl sites for hydroxylation is 2. The van der Waals surface area contributed by atoms with Gasteiger partial charge in [-0.05, 0) is 37.1 Å². The van der Waals surface area contributed by atoms with Crippen molar-refractivity contribution in [3.63, 3.8) is 0 Å². The van der Waals surface area contributed by atoms with E-state index in [4.69, 9.17) is 10.5 Å². The summed E-state index contributed by atoms with van der Waals surface area (Å²) in [6.45, 7) is 5.68. The van der Waals surface area contributed by atoms with Crippen LogP contribution in [0, 0.1) is 13.8 Å². The van der Waals surface area contributed by atoms with Crippen LogP contribution >= 0.6 is 0 Å². The molecule has 0 fully saturated rings. The van der Waals surface area contributed by atoms with E-state index >= 15 is 0 Å². The largest absolute Gasteiger partial charge is 0.438 e. The number of aromatic nitrogens is 2. The van der Waals surface area contributed by atoms with Crippen LogP contribution in [0.25, 0.3) is 0 Å². The number of nitrogens with two attached hydrogens (primary N) is 1. The van der Waals surface area contributed by atoms with Gasteiger partial charge in [0.05, 0.1) is 11.3 Å². The van der Waals surface area contributed by atoms with E-state index < -0.39 is 0 Å². The van der Waals surface area contributed by atoms with Crippen LogP contribution in [0.15, 0.2) is 18.5 Å². The summed E-state index contributed by atoms with van der Waals surface area (Å²) >= 11 is 0. The lowest BCUT2D eigenvalue weighted by Gasteiger charge is -2.19. The molecule has 2 heterocycles. The summed E-state index contributed by atoms with van der Waals surface area (Å²) in [5, 5.41) is 3.33. The van der Waals surface area contributed by atoms with Crippen molar-refractivity contribution >= 4 is 5.69 Å². The smallest absolute Gasteiger partial charge is 0.227 e. The summed E-state index contributed by atoms with van der Waals surface area (Å²) < 4.78 is 6.05. The molecule has 0 saturated carbocycles. The number of anilines is 1. The zero-order valence-corrected chi connectivity index (χ0v) is 11.7. The molecule has 0 bridgehead atoms. The molecule has 3 rings (SSSR count). The number of rotatable bonds is 2. The van der Waals surface area contributed by atoms with Crippen LogP contribution in [0.5, 0.6) is 11.6 Å². The average Bonchev–Trinajstić information content (AvgIpc) is 2.43. The molecule has 1 aromatic carbocycles. The lowest BCUT2D eigenvalue weighted by atomic mass is 10.1. The Morgan fingerprint density at radius 3 is 2.70 bits per heavy atom. The van der Waals surface area contributed by atoms with E-state index in [0.29, 0.717) is 5.88 Å². The van der Waals surface area contributed by atoms with Gasteiger partial charge in [0.25, 0.3) is 0 Å². The van der Waals surface area contributed by atoms with Gasteiger partial charge in [-0.25, -0.2) is 9.97 Å². The molecule has 5 nitrogen and oxygen atoms in total. The van der Waals surface area contributed by atoms with Gasteiger partial charge in [-0.15, -0.1) is 0 Å². The first-order valence-corrected chi connectivity index (χ1v) is 6.73. The van der Waals surface area contributed by atoms with Crippen molar-refractivity contribution in [2.24, 2.45) is 0 Å². The number of ether oxygens (including phenoxy) is 1. The maximum absolute atomic E-state index is 6.05. The standard InChI is InChI=1S/C15H18N4O/c1-9-5-11(16)6-10(2)14(9)20-15-12-7-17-4-3-13(12)18-8-19-15/h5-6,8,17H,3-4,7,16H2,1-2H3. The van der Waals surface area contributed by atoms with Gasteiger partial charge >= 0.3 is 0 Å². The number of nitrogens with zero attached hydrogens (tertiary/aromatic N) is 2. The number of fused-ring (bicyclic) bond motifs is 1. The van der Waals surface area contributed by atoms with Crippen molar-refractivity contribution in [1.82, 2.24) is 15.3 Å². The molecule has 0 aliphatic carbocycles.